The molecule has 1 N–H and O–H groups in total. The van der Waals surface area contributed by atoms with Crippen LogP contribution >= 0.6 is 0 Å². The third-order valence-electron chi connectivity index (χ3n) is 3.71. The molecule has 1 aromatic carbocycles. The number of carbonyl (C=O) groups is 1. The molecule has 3 rings (SSSR count). The Bertz CT molecular complexity index is 655. The summed E-state index contributed by atoms with van der Waals surface area (Å²) in [4.78, 5) is 16.1. The van der Waals surface area contributed by atoms with Crippen LogP contribution in [0.25, 0.3) is 0 Å². The van der Waals surface area contributed by atoms with Gasteiger partial charge in [0.2, 0.25) is 5.88 Å². The maximum Gasteiger partial charge on any atom is 0.252 e. The molecule has 1 unspecified atom stereocenters. The van der Waals surface area contributed by atoms with Crippen LogP contribution in [0.4, 0.5) is 0 Å². The van der Waals surface area contributed by atoms with Gasteiger partial charge in [0.15, 0.2) is 0 Å². The third kappa shape index (κ3) is 3.19. The van der Waals surface area contributed by atoms with Crippen molar-refractivity contribution in [2.45, 2.75) is 6.42 Å². The van der Waals surface area contributed by atoms with Crippen LogP contribution in [0, 0.1) is 5.92 Å². The highest BCUT2D eigenvalue weighted by atomic mass is 16.5. The van der Waals surface area contributed by atoms with Gasteiger partial charge in [0.1, 0.15) is 5.75 Å². The summed E-state index contributed by atoms with van der Waals surface area (Å²) >= 11 is 0. The topological polar surface area (TPSA) is 60.5 Å². The predicted octanol–water partition coefficient (Wildman–Crippen LogP) is 2.07. The molecule has 1 aliphatic rings. The number of ether oxygens (including phenoxy) is 2. The van der Waals surface area contributed by atoms with Crippen LogP contribution in [0.2, 0.25) is 0 Å². The van der Waals surface area contributed by atoms with Gasteiger partial charge in [-0.05, 0) is 24.1 Å². The zero-order valence-electron chi connectivity index (χ0n) is 12.4. The van der Waals surface area contributed by atoms with E-state index in [1.165, 1.54) is 11.8 Å². The van der Waals surface area contributed by atoms with Crippen LogP contribution in [0.1, 0.15) is 15.9 Å². The summed E-state index contributed by atoms with van der Waals surface area (Å²) in [7, 11) is 1.54. The van der Waals surface area contributed by atoms with Gasteiger partial charge in [-0.3, -0.25) is 4.79 Å². The SMILES string of the molecule is COc1ccc(C(=O)NCC2COc3ccccc3C2)cn1. The molecule has 0 aliphatic carbocycles. The normalized spacial score (nSPS) is 16.3. The number of nitrogens with one attached hydrogen (secondary N) is 1. The highest BCUT2D eigenvalue weighted by molar-refractivity contribution is 5.93. The molecule has 5 heteroatoms. The van der Waals surface area contributed by atoms with E-state index in [1.807, 2.05) is 18.2 Å². The first-order chi connectivity index (χ1) is 10.8. The van der Waals surface area contributed by atoms with Crippen molar-refractivity contribution >= 4 is 5.91 Å². The summed E-state index contributed by atoms with van der Waals surface area (Å²) in [6.45, 7) is 1.21. The first kappa shape index (κ1) is 14.4. The number of hydrogen-bond donors (Lipinski definition) is 1. The first-order valence-electron chi connectivity index (χ1n) is 7.25. The van der Waals surface area contributed by atoms with Crippen molar-refractivity contribution in [1.29, 1.82) is 0 Å². The molecular formula is C17H18N2O3. The van der Waals surface area contributed by atoms with Crippen molar-refractivity contribution in [3.8, 4) is 11.6 Å². The Morgan fingerprint density at radius 1 is 1.36 bits per heavy atom. The van der Waals surface area contributed by atoms with Crippen LogP contribution in [-0.4, -0.2) is 31.2 Å². The number of nitrogens with zero attached hydrogens (tertiary/aromatic N) is 1. The van der Waals surface area contributed by atoms with E-state index in [0.717, 1.165) is 12.2 Å². The fourth-order valence-electron chi connectivity index (χ4n) is 2.50. The predicted molar refractivity (Wildman–Crippen MR) is 82.3 cm³/mol. The second kappa shape index (κ2) is 6.47. The van der Waals surface area contributed by atoms with Gasteiger partial charge in [-0.1, -0.05) is 18.2 Å². The fourth-order valence-corrected chi connectivity index (χ4v) is 2.50. The van der Waals surface area contributed by atoms with Crippen molar-refractivity contribution in [2.75, 3.05) is 20.3 Å². The molecule has 0 spiro atoms. The molecule has 2 heterocycles. The van der Waals surface area contributed by atoms with Gasteiger partial charge in [-0.15, -0.1) is 0 Å². The molecule has 1 atom stereocenters. The first-order valence-corrected chi connectivity index (χ1v) is 7.25. The lowest BCUT2D eigenvalue weighted by Gasteiger charge is -2.25. The number of fused-ring (bicyclic) bond motifs is 1. The van der Waals surface area contributed by atoms with Crippen molar-refractivity contribution in [3.05, 3.63) is 53.7 Å². The van der Waals surface area contributed by atoms with E-state index in [9.17, 15) is 4.79 Å². The van der Waals surface area contributed by atoms with Crippen LogP contribution < -0.4 is 14.8 Å². The van der Waals surface area contributed by atoms with Gasteiger partial charge in [0, 0.05) is 24.7 Å². The van der Waals surface area contributed by atoms with Crippen LogP contribution in [0.3, 0.4) is 0 Å². The van der Waals surface area contributed by atoms with Gasteiger partial charge in [-0.2, -0.15) is 0 Å². The molecule has 1 aliphatic heterocycles. The molecule has 0 saturated heterocycles. The number of para-hydroxylation sites is 1. The summed E-state index contributed by atoms with van der Waals surface area (Å²) < 4.78 is 10.7. The van der Waals surface area contributed by atoms with E-state index >= 15 is 0 Å². The lowest BCUT2D eigenvalue weighted by atomic mass is 9.97. The van der Waals surface area contributed by atoms with Crippen molar-refractivity contribution in [1.82, 2.24) is 10.3 Å². The van der Waals surface area contributed by atoms with E-state index in [1.54, 1.807) is 19.2 Å². The van der Waals surface area contributed by atoms with Crippen molar-refractivity contribution < 1.29 is 14.3 Å². The molecule has 1 aromatic heterocycles. The summed E-state index contributed by atoms with van der Waals surface area (Å²) in [6.07, 6.45) is 2.43. The Kier molecular flexibility index (Phi) is 4.23. The Labute approximate surface area is 129 Å². The number of hydrogen-bond acceptors (Lipinski definition) is 4. The van der Waals surface area contributed by atoms with E-state index in [0.29, 0.717) is 24.6 Å². The summed E-state index contributed by atoms with van der Waals surface area (Å²) in [5, 5.41) is 2.94. The Hall–Kier alpha value is -2.56. The minimum Gasteiger partial charge on any atom is -0.493 e. The average Bonchev–Trinajstić information content (AvgIpc) is 2.59. The molecule has 22 heavy (non-hydrogen) atoms. The average molecular weight is 298 g/mol. The van der Waals surface area contributed by atoms with Gasteiger partial charge in [0.05, 0.1) is 19.3 Å². The smallest absolute Gasteiger partial charge is 0.252 e. The number of aromatic nitrogens is 1. The largest absolute Gasteiger partial charge is 0.493 e. The molecule has 114 valence electrons. The molecule has 5 nitrogen and oxygen atoms in total. The van der Waals surface area contributed by atoms with E-state index in [2.05, 4.69) is 16.4 Å². The summed E-state index contributed by atoms with van der Waals surface area (Å²) in [5.74, 6) is 1.59. The molecule has 0 bridgehead atoms. The standard InChI is InChI=1S/C17H18N2O3/c1-21-16-7-6-14(10-18-16)17(20)19-9-12-8-13-4-2-3-5-15(13)22-11-12/h2-7,10,12H,8-9,11H2,1H3,(H,19,20). The summed E-state index contributed by atoms with van der Waals surface area (Å²) in [6, 6.07) is 11.4. The van der Waals surface area contributed by atoms with Crippen LogP contribution in [0.15, 0.2) is 42.6 Å². The number of pyridine rings is 1. The third-order valence-corrected chi connectivity index (χ3v) is 3.71. The second-order valence-electron chi connectivity index (χ2n) is 5.29. The zero-order chi connectivity index (χ0) is 15.4. The van der Waals surface area contributed by atoms with Gasteiger partial charge in [0.25, 0.3) is 5.91 Å². The van der Waals surface area contributed by atoms with E-state index in [4.69, 9.17) is 9.47 Å². The van der Waals surface area contributed by atoms with Crippen LogP contribution in [-0.2, 0) is 6.42 Å². The Morgan fingerprint density at radius 3 is 3.00 bits per heavy atom. The molecular weight excluding hydrogens is 280 g/mol. The minimum absolute atomic E-state index is 0.131. The van der Waals surface area contributed by atoms with Gasteiger partial charge in [-0.25, -0.2) is 4.98 Å². The number of methoxy groups -OCH3 is 1. The zero-order valence-corrected chi connectivity index (χ0v) is 12.4. The van der Waals surface area contributed by atoms with Gasteiger partial charge >= 0.3 is 0 Å². The lowest BCUT2D eigenvalue weighted by Crippen LogP contribution is -2.34. The number of benzene rings is 1. The number of carbonyl (C=O) groups excluding carboxylic acids is 1. The van der Waals surface area contributed by atoms with E-state index < -0.39 is 0 Å². The fraction of sp³-hybridized carbons (Fsp3) is 0.294. The van der Waals surface area contributed by atoms with Crippen LogP contribution in [0.5, 0.6) is 11.6 Å². The Morgan fingerprint density at radius 2 is 2.23 bits per heavy atom. The number of amides is 1. The second-order valence-corrected chi connectivity index (χ2v) is 5.29. The highest BCUT2D eigenvalue weighted by Gasteiger charge is 2.20. The molecule has 1 amide bonds. The molecule has 0 radical (unpaired) electrons. The maximum absolute atomic E-state index is 12.1. The highest BCUT2D eigenvalue weighted by Crippen LogP contribution is 2.26. The monoisotopic (exact) mass is 298 g/mol. The molecule has 0 fully saturated rings. The van der Waals surface area contributed by atoms with Gasteiger partial charge < -0.3 is 14.8 Å². The number of rotatable bonds is 4. The minimum atomic E-state index is -0.131. The molecule has 2 aromatic rings. The lowest BCUT2D eigenvalue weighted by molar-refractivity contribution is 0.0938. The maximum atomic E-state index is 12.1. The van der Waals surface area contributed by atoms with Crippen molar-refractivity contribution in [2.24, 2.45) is 5.92 Å². The Balaban J connectivity index is 1.55. The quantitative estimate of drug-likeness (QED) is 0.938. The van der Waals surface area contributed by atoms with E-state index in [-0.39, 0.29) is 11.8 Å². The molecule has 0 saturated carbocycles. The summed E-state index contributed by atoms with van der Waals surface area (Å²) in [5.41, 5.74) is 1.72. The van der Waals surface area contributed by atoms with Crippen molar-refractivity contribution in [3.63, 3.8) is 0 Å².